The van der Waals surface area contributed by atoms with E-state index < -0.39 is 0 Å². The number of H-pyrrole nitrogens is 2. The number of fused-ring (bicyclic) bond motifs is 2. The lowest BCUT2D eigenvalue weighted by Gasteiger charge is -2.10. The van der Waals surface area contributed by atoms with Gasteiger partial charge in [0.1, 0.15) is 12.3 Å². The zero-order valence-corrected chi connectivity index (χ0v) is 17.8. The Morgan fingerprint density at radius 2 is 1.85 bits per heavy atom. The van der Waals surface area contributed by atoms with Crippen molar-refractivity contribution in [3.63, 3.8) is 0 Å². The lowest BCUT2D eigenvalue weighted by molar-refractivity contribution is 0.102. The molecular formula is C25H18N6O3. The molecule has 6 aromatic rings. The monoisotopic (exact) mass is 450 g/mol. The van der Waals surface area contributed by atoms with E-state index >= 15 is 0 Å². The quantitative estimate of drug-likeness (QED) is 0.364. The molecule has 9 heteroatoms. The lowest BCUT2D eigenvalue weighted by Crippen LogP contribution is -2.13. The first-order valence-corrected chi connectivity index (χ1v) is 10.6. The Hall–Kier alpha value is -4.92. The molecule has 4 aromatic heterocycles. The maximum Gasteiger partial charge on any atom is 0.323 e. The second-order valence-electron chi connectivity index (χ2n) is 7.83. The number of anilines is 1. The van der Waals surface area contributed by atoms with Gasteiger partial charge in [0.15, 0.2) is 5.65 Å². The molecule has 166 valence electrons. The number of hydrogen-bond acceptors (Lipinski definition) is 5. The van der Waals surface area contributed by atoms with Crippen LogP contribution in [0.5, 0.6) is 0 Å². The topological polar surface area (TPSA) is 122 Å². The fourth-order valence-electron chi connectivity index (χ4n) is 3.97. The van der Waals surface area contributed by atoms with E-state index in [0.717, 1.165) is 11.3 Å². The average Bonchev–Trinajstić information content (AvgIpc) is 3.59. The number of pyridine rings is 1. The highest BCUT2D eigenvalue weighted by Crippen LogP contribution is 2.26. The molecule has 0 aliphatic carbocycles. The summed E-state index contributed by atoms with van der Waals surface area (Å²) in [5.74, 6) is 0.427. The van der Waals surface area contributed by atoms with Crippen LogP contribution in [0.4, 0.5) is 5.69 Å². The van der Waals surface area contributed by atoms with Crippen LogP contribution in [-0.2, 0) is 6.54 Å². The van der Waals surface area contributed by atoms with E-state index in [1.165, 1.54) is 0 Å². The number of aromatic nitrogens is 5. The minimum Gasteiger partial charge on any atom is -0.467 e. The summed E-state index contributed by atoms with van der Waals surface area (Å²) in [6, 6.07) is 20.3. The molecule has 3 N–H and O–H groups in total. The number of benzene rings is 2. The minimum atomic E-state index is -0.306. The maximum atomic E-state index is 13.4. The number of aromatic amines is 2. The molecule has 0 fully saturated rings. The summed E-state index contributed by atoms with van der Waals surface area (Å²) in [6.07, 6.45) is 3.25. The lowest BCUT2D eigenvalue weighted by atomic mass is 10.1. The summed E-state index contributed by atoms with van der Waals surface area (Å²) in [5.41, 5.74) is 4.09. The van der Waals surface area contributed by atoms with E-state index in [1.54, 1.807) is 41.4 Å². The van der Waals surface area contributed by atoms with Gasteiger partial charge in [0.25, 0.3) is 5.91 Å². The molecule has 0 saturated heterocycles. The van der Waals surface area contributed by atoms with Gasteiger partial charge in [-0.25, -0.2) is 14.5 Å². The summed E-state index contributed by atoms with van der Waals surface area (Å²) in [7, 11) is 0. The smallest absolute Gasteiger partial charge is 0.323 e. The van der Waals surface area contributed by atoms with Crippen molar-refractivity contribution in [2.45, 2.75) is 6.54 Å². The fraction of sp³-hybridized carbons (Fsp3) is 0.0400. The van der Waals surface area contributed by atoms with Crippen LogP contribution in [0.25, 0.3) is 33.3 Å². The van der Waals surface area contributed by atoms with Crippen molar-refractivity contribution in [2.24, 2.45) is 0 Å². The Kier molecular flexibility index (Phi) is 4.58. The number of nitrogens with zero attached hydrogens (tertiary/aromatic N) is 3. The van der Waals surface area contributed by atoms with Gasteiger partial charge in [-0.1, -0.05) is 30.3 Å². The molecular weight excluding hydrogens is 432 g/mol. The number of rotatable bonds is 5. The van der Waals surface area contributed by atoms with Crippen molar-refractivity contribution in [3.8, 4) is 11.3 Å². The molecule has 0 radical (unpaired) electrons. The van der Waals surface area contributed by atoms with Crippen molar-refractivity contribution in [1.82, 2.24) is 24.7 Å². The molecule has 0 spiro atoms. The van der Waals surface area contributed by atoms with Gasteiger partial charge >= 0.3 is 5.69 Å². The highest BCUT2D eigenvalue weighted by molar-refractivity contribution is 6.13. The van der Waals surface area contributed by atoms with Crippen LogP contribution >= 0.6 is 0 Å². The van der Waals surface area contributed by atoms with Crippen molar-refractivity contribution in [1.29, 1.82) is 0 Å². The third-order valence-corrected chi connectivity index (χ3v) is 5.58. The van der Waals surface area contributed by atoms with Crippen molar-refractivity contribution in [2.75, 3.05) is 5.32 Å². The molecule has 34 heavy (non-hydrogen) atoms. The molecule has 0 aliphatic heterocycles. The van der Waals surface area contributed by atoms with Crippen LogP contribution in [0.15, 0.2) is 88.4 Å². The Labute approximate surface area is 192 Å². The van der Waals surface area contributed by atoms with Gasteiger partial charge in [-0.3, -0.25) is 4.79 Å². The third kappa shape index (κ3) is 3.55. The maximum absolute atomic E-state index is 13.4. The largest absolute Gasteiger partial charge is 0.467 e. The molecule has 4 heterocycles. The van der Waals surface area contributed by atoms with Crippen LogP contribution in [0.1, 0.15) is 16.1 Å². The first-order valence-electron chi connectivity index (χ1n) is 10.6. The van der Waals surface area contributed by atoms with E-state index in [-0.39, 0.29) is 11.6 Å². The van der Waals surface area contributed by atoms with Crippen LogP contribution in [-0.4, -0.2) is 30.6 Å². The Bertz CT molecular complexity index is 1690. The Morgan fingerprint density at radius 1 is 1.00 bits per heavy atom. The van der Waals surface area contributed by atoms with E-state index in [0.29, 0.717) is 45.6 Å². The molecule has 9 nitrogen and oxygen atoms in total. The van der Waals surface area contributed by atoms with E-state index in [2.05, 4.69) is 20.4 Å². The van der Waals surface area contributed by atoms with Crippen LogP contribution in [0.3, 0.4) is 0 Å². The number of furan rings is 1. The SMILES string of the molecule is O=C(Nc1ccc2[nH]c(=O)[nH]c2c1)c1cc(-c2ccccc2)nc2c1cnn2Cc1ccco1. The number of amides is 1. The number of nitrogens with one attached hydrogen (secondary N) is 3. The molecule has 0 atom stereocenters. The summed E-state index contributed by atoms with van der Waals surface area (Å²) < 4.78 is 7.18. The van der Waals surface area contributed by atoms with E-state index in [9.17, 15) is 9.59 Å². The number of imidazole rings is 1. The van der Waals surface area contributed by atoms with Gasteiger partial charge in [0, 0.05) is 11.3 Å². The molecule has 0 saturated carbocycles. The Morgan fingerprint density at radius 3 is 2.68 bits per heavy atom. The van der Waals surface area contributed by atoms with E-state index in [4.69, 9.17) is 9.40 Å². The molecule has 6 rings (SSSR count). The first-order chi connectivity index (χ1) is 16.6. The normalized spacial score (nSPS) is 11.3. The predicted octanol–water partition coefficient (Wildman–Crippen LogP) is 4.16. The second kappa shape index (κ2) is 7.89. The van der Waals surface area contributed by atoms with Gasteiger partial charge in [-0.05, 0) is 36.4 Å². The Balaban J connectivity index is 1.44. The van der Waals surface area contributed by atoms with Crippen LogP contribution in [0, 0.1) is 0 Å². The van der Waals surface area contributed by atoms with Gasteiger partial charge < -0.3 is 19.7 Å². The van der Waals surface area contributed by atoms with Gasteiger partial charge in [-0.2, -0.15) is 5.10 Å². The molecule has 0 aliphatic rings. The fourth-order valence-corrected chi connectivity index (χ4v) is 3.97. The minimum absolute atomic E-state index is 0.300. The zero-order valence-electron chi connectivity index (χ0n) is 17.8. The number of hydrogen-bond donors (Lipinski definition) is 3. The van der Waals surface area contributed by atoms with Gasteiger partial charge in [0.2, 0.25) is 0 Å². The highest BCUT2D eigenvalue weighted by atomic mass is 16.3. The number of carbonyl (C=O) groups is 1. The highest BCUT2D eigenvalue weighted by Gasteiger charge is 2.18. The average molecular weight is 450 g/mol. The molecule has 1 amide bonds. The molecule has 0 unspecified atom stereocenters. The zero-order chi connectivity index (χ0) is 23.1. The van der Waals surface area contributed by atoms with Gasteiger partial charge in [-0.15, -0.1) is 0 Å². The summed E-state index contributed by atoms with van der Waals surface area (Å²) in [6.45, 7) is 0.389. The van der Waals surface area contributed by atoms with Crippen LogP contribution in [0.2, 0.25) is 0 Å². The first kappa shape index (κ1) is 19.7. The van der Waals surface area contributed by atoms with E-state index in [1.807, 2.05) is 42.5 Å². The van der Waals surface area contributed by atoms with Crippen LogP contribution < -0.4 is 11.0 Å². The number of carbonyl (C=O) groups excluding carboxylic acids is 1. The standard InChI is InChI=1S/C25H18N6O3/c32-24(27-16-8-9-20-22(11-16)30-25(33)29-20)18-12-21(15-5-2-1-3-6-15)28-23-19(18)13-26-31(23)14-17-7-4-10-34-17/h1-13H,14H2,(H,27,32)(H2,29,30,33). The second-order valence-corrected chi connectivity index (χ2v) is 7.83. The third-order valence-electron chi connectivity index (χ3n) is 5.58. The summed E-state index contributed by atoms with van der Waals surface area (Å²) in [5, 5.41) is 8.02. The van der Waals surface area contributed by atoms with Crippen molar-refractivity contribution >= 4 is 33.7 Å². The van der Waals surface area contributed by atoms with Crippen molar-refractivity contribution < 1.29 is 9.21 Å². The summed E-state index contributed by atoms with van der Waals surface area (Å²) >= 11 is 0. The van der Waals surface area contributed by atoms with Crippen molar-refractivity contribution in [3.05, 3.63) is 101 Å². The molecule has 2 aromatic carbocycles. The predicted molar refractivity (Wildman–Crippen MR) is 128 cm³/mol. The molecule has 0 bridgehead atoms. The summed E-state index contributed by atoms with van der Waals surface area (Å²) in [4.78, 5) is 35.2. The van der Waals surface area contributed by atoms with Gasteiger partial charge in [0.05, 0.1) is 40.1 Å².